The monoisotopic (exact) mass is 220 g/mol. The summed E-state index contributed by atoms with van der Waals surface area (Å²) in [7, 11) is 0. The number of carboxylic acid groups (broad SMARTS) is 1. The number of benzene rings is 1. The van der Waals surface area contributed by atoms with E-state index in [-0.39, 0.29) is 5.92 Å². The van der Waals surface area contributed by atoms with Crippen LogP contribution in [0.4, 0.5) is 0 Å². The molecule has 0 aliphatic heterocycles. The predicted molar refractivity (Wildman–Crippen MR) is 60.7 cm³/mol. The third-order valence-electron chi connectivity index (χ3n) is 3.10. The van der Waals surface area contributed by atoms with E-state index < -0.39 is 12.1 Å². The Kier molecular flexibility index (Phi) is 2.86. The molecule has 0 amide bonds. The predicted octanol–water partition coefficient (Wildman–Crippen LogP) is 2.55. The Balaban J connectivity index is 2.18. The van der Waals surface area contributed by atoms with Crippen molar-refractivity contribution in [3.63, 3.8) is 0 Å². The molecule has 0 spiro atoms. The van der Waals surface area contributed by atoms with Crippen molar-refractivity contribution in [1.82, 2.24) is 0 Å². The summed E-state index contributed by atoms with van der Waals surface area (Å²) in [6.07, 6.45) is 1.24. The first kappa shape index (κ1) is 11.0. The van der Waals surface area contributed by atoms with Gasteiger partial charge in [0.15, 0.2) is 6.10 Å². The summed E-state index contributed by atoms with van der Waals surface area (Å²) in [5, 5.41) is 9.08. The number of carboxylic acids is 1. The number of ether oxygens (including phenoxy) is 1. The van der Waals surface area contributed by atoms with Crippen LogP contribution >= 0.6 is 0 Å². The van der Waals surface area contributed by atoms with E-state index in [0.29, 0.717) is 5.75 Å². The van der Waals surface area contributed by atoms with Gasteiger partial charge in [-0.05, 0) is 43.9 Å². The van der Waals surface area contributed by atoms with Crippen molar-refractivity contribution in [2.45, 2.75) is 32.8 Å². The van der Waals surface area contributed by atoms with Gasteiger partial charge in [-0.15, -0.1) is 0 Å². The van der Waals surface area contributed by atoms with Gasteiger partial charge in [0.25, 0.3) is 0 Å². The van der Waals surface area contributed by atoms with Gasteiger partial charge in [-0.25, -0.2) is 4.79 Å². The fourth-order valence-corrected chi connectivity index (χ4v) is 1.74. The van der Waals surface area contributed by atoms with E-state index in [4.69, 9.17) is 9.84 Å². The van der Waals surface area contributed by atoms with Crippen LogP contribution in [0.15, 0.2) is 18.2 Å². The third-order valence-corrected chi connectivity index (χ3v) is 3.10. The third kappa shape index (κ3) is 2.18. The van der Waals surface area contributed by atoms with Crippen LogP contribution in [-0.2, 0) is 4.79 Å². The SMILES string of the molecule is Cc1cccc(OC(C(=O)O)C2CC2)c1C. The Hall–Kier alpha value is -1.51. The van der Waals surface area contributed by atoms with E-state index in [0.717, 1.165) is 24.0 Å². The normalized spacial score (nSPS) is 16.9. The molecule has 1 aromatic rings. The molecule has 1 aromatic carbocycles. The Labute approximate surface area is 95.0 Å². The van der Waals surface area contributed by atoms with Gasteiger partial charge < -0.3 is 9.84 Å². The van der Waals surface area contributed by atoms with Gasteiger partial charge in [-0.1, -0.05) is 12.1 Å². The number of aryl methyl sites for hydroxylation is 1. The summed E-state index contributed by atoms with van der Waals surface area (Å²) in [5.74, 6) is 0.0279. The van der Waals surface area contributed by atoms with Crippen LogP contribution in [0.5, 0.6) is 5.75 Å². The van der Waals surface area contributed by atoms with Crippen molar-refractivity contribution in [2.75, 3.05) is 0 Å². The van der Waals surface area contributed by atoms with Gasteiger partial charge in [0.05, 0.1) is 0 Å². The summed E-state index contributed by atoms with van der Waals surface area (Å²) in [5.41, 5.74) is 2.15. The van der Waals surface area contributed by atoms with Gasteiger partial charge in [0.1, 0.15) is 5.75 Å². The molecule has 2 rings (SSSR count). The van der Waals surface area contributed by atoms with Gasteiger partial charge in [0, 0.05) is 5.92 Å². The summed E-state index contributed by atoms with van der Waals surface area (Å²) in [6, 6.07) is 5.72. The number of hydrogen-bond donors (Lipinski definition) is 1. The molecule has 1 aliphatic rings. The van der Waals surface area contributed by atoms with E-state index in [1.165, 1.54) is 0 Å². The summed E-state index contributed by atoms with van der Waals surface area (Å²) in [4.78, 5) is 11.1. The fourth-order valence-electron chi connectivity index (χ4n) is 1.74. The van der Waals surface area contributed by atoms with Crippen LogP contribution < -0.4 is 4.74 Å². The molecule has 1 N–H and O–H groups in total. The molecule has 1 unspecified atom stereocenters. The highest BCUT2D eigenvalue weighted by molar-refractivity contribution is 5.73. The zero-order valence-electron chi connectivity index (χ0n) is 9.56. The van der Waals surface area contributed by atoms with Crippen molar-refractivity contribution < 1.29 is 14.6 Å². The first-order chi connectivity index (χ1) is 7.59. The van der Waals surface area contributed by atoms with Gasteiger partial charge >= 0.3 is 5.97 Å². The molecule has 0 saturated heterocycles. The number of hydrogen-bond acceptors (Lipinski definition) is 2. The highest BCUT2D eigenvalue weighted by Crippen LogP contribution is 2.36. The molecule has 3 nitrogen and oxygen atoms in total. The van der Waals surface area contributed by atoms with Crippen molar-refractivity contribution >= 4 is 5.97 Å². The molecular weight excluding hydrogens is 204 g/mol. The maximum Gasteiger partial charge on any atom is 0.345 e. The van der Waals surface area contributed by atoms with Crippen LogP contribution in [0, 0.1) is 19.8 Å². The molecule has 3 heteroatoms. The van der Waals surface area contributed by atoms with Crippen LogP contribution in [0.2, 0.25) is 0 Å². The molecule has 1 saturated carbocycles. The van der Waals surface area contributed by atoms with E-state index in [1.54, 1.807) is 0 Å². The average Bonchev–Trinajstić information content (AvgIpc) is 3.03. The topological polar surface area (TPSA) is 46.5 Å². The Morgan fingerprint density at radius 2 is 2.12 bits per heavy atom. The molecule has 0 heterocycles. The van der Waals surface area contributed by atoms with Crippen molar-refractivity contribution in [3.05, 3.63) is 29.3 Å². The Bertz CT molecular complexity index is 408. The highest BCUT2D eigenvalue weighted by Gasteiger charge is 2.38. The molecule has 0 bridgehead atoms. The van der Waals surface area contributed by atoms with Crippen molar-refractivity contribution in [1.29, 1.82) is 0 Å². The van der Waals surface area contributed by atoms with Crippen LogP contribution in [-0.4, -0.2) is 17.2 Å². The van der Waals surface area contributed by atoms with Gasteiger partial charge in [-0.3, -0.25) is 0 Å². The maximum absolute atomic E-state index is 11.1. The molecule has 0 aromatic heterocycles. The highest BCUT2D eigenvalue weighted by atomic mass is 16.5. The second kappa shape index (κ2) is 4.16. The second-order valence-corrected chi connectivity index (χ2v) is 4.41. The Morgan fingerprint density at radius 1 is 1.44 bits per heavy atom. The summed E-state index contributed by atoms with van der Waals surface area (Å²) < 4.78 is 5.61. The minimum Gasteiger partial charge on any atom is -0.478 e. The lowest BCUT2D eigenvalue weighted by atomic mass is 10.1. The molecule has 86 valence electrons. The standard InChI is InChI=1S/C13H16O3/c1-8-4-3-5-11(9(8)2)16-12(13(14)15)10-6-7-10/h3-5,10,12H,6-7H2,1-2H3,(H,14,15). The van der Waals surface area contributed by atoms with E-state index in [1.807, 2.05) is 32.0 Å². The van der Waals surface area contributed by atoms with Gasteiger partial charge in [0.2, 0.25) is 0 Å². The molecular formula is C13H16O3. The second-order valence-electron chi connectivity index (χ2n) is 4.41. The maximum atomic E-state index is 11.1. The first-order valence-electron chi connectivity index (χ1n) is 5.55. The summed E-state index contributed by atoms with van der Waals surface area (Å²) in [6.45, 7) is 3.95. The van der Waals surface area contributed by atoms with Crippen molar-refractivity contribution in [3.8, 4) is 5.75 Å². The minimum atomic E-state index is -0.858. The smallest absolute Gasteiger partial charge is 0.345 e. The lowest BCUT2D eigenvalue weighted by Crippen LogP contribution is -2.29. The molecule has 1 atom stereocenters. The van der Waals surface area contributed by atoms with Crippen LogP contribution in [0.3, 0.4) is 0 Å². The molecule has 1 aliphatic carbocycles. The zero-order chi connectivity index (χ0) is 11.7. The zero-order valence-corrected chi connectivity index (χ0v) is 9.56. The fraction of sp³-hybridized carbons (Fsp3) is 0.462. The molecule has 0 radical (unpaired) electrons. The number of rotatable bonds is 4. The van der Waals surface area contributed by atoms with Crippen molar-refractivity contribution in [2.24, 2.45) is 5.92 Å². The summed E-state index contributed by atoms with van der Waals surface area (Å²) >= 11 is 0. The van der Waals surface area contributed by atoms with E-state index >= 15 is 0 Å². The molecule has 16 heavy (non-hydrogen) atoms. The van der Waals surface area contributed by atoms with Gasteiger partial charge in [-0.2, -0.15) is 0 Å². The number of carbonyl (C=O) groups is 1. The van der Waals surface area contributed by atoms with Crippen LogP contribution in [0.1, 0.15) is 24.0 Å². The van der Waals surface area contributed by atoms with E-state index in [9.17, 15) is 4.79 Å². The first-order valence-corrected chi connectivity index (χ1v) is 5.55. The lowest BCUT2D eigenvalue weighted by Gasteiger charge is -2.16. The number of aliphatic carboxylic acids is 1. The van der Waals surface area contributed by atoms with E-state index in [2.05, 4.69) is 0 Å². The largest absolute Gasteiger partial charge is 0.478 e. The molecule has 1 fully saturated rings. The lowest BCUT2D eigenvalue weighted by molar-refractivity contribution is -0.146. The average molecular weight is 220 g/mol. The Morgan fingerprint density at radius 3 is 2.69 bits per heavy atom. The van der Waals surface area contributed by atoms with Crippen LogP contribution in [0.25, 0.3) is 0 Å². The minimum absolute atomic E-state index is 0.192. The quantitative estimate of drug-likeness (QED) is 0.848.